The van der Waals surface area contributed by atoms with Crippen LogP contribution in [-0.2, 0) is 4.74 Å². The molecule has 1 fully saturated rings. The topological polar surface area (TPSA) is 80.5 Å². The minimum absolute atomic E-state index is 0.134. The normalized spacial score (nSPS) is 18.9. The molecular weight excluding hydrogens is 240 g/mol. The van der Waals surface area contributed by atoms with E-state index in [0.717, 1.165) is 5.01 Å². The van der Waals surface area contributed by atoms with E-state index >= 15 is 0 Å². The first kappa shape index (κ1) is 12.4. The third-order valence-electron chi connectivity index (χ3n) is 2.41. The van der Waals surface area contributed by atoms with Crippen molar-refractivity contribution in [1.82, 2.24) is 15.4 Å². The van der Waals surface area contributed by atoms with Crippen molar-refractivity contribution in [2.45, 2.75) is 13.0 Å². The van der Waals surface area contributed by atoms with E-state index in [1.165, 1.54) is 11.3 Å². The van der Waals surface area contributed by atoms with E-state index in [0.29, 0.717) is 32.0 Å². The second-order valence-corrected chi connectivity index (χ2v) is 4.79. The number of amides is 1. The molecule has 0 bridgehead atoms. The second kappa shape index (κ2) is 5.54. The fraction of sp³-hybridized carbons (Fsp3) is 0.600. The van der Waals surface area contributed by atoms with Gasteiger partial charge in [0, 0.05) is 18.5 Å². The van der Waals surface area contributed by atoms with Crippen LogP contribution in [0.25, 0.3) is 0 Å². The zero-order chi connectivity index (χ0) is 12.3. The standard InChI is InChI=1S/C10H16N4O2S/c1-7(11)10-12-8(6-17-10)9(15)13-14-2-4-16-5-3-14/h6-7H,2-5,11H2,1H3,(H,13,15). The third-order valence-corrected chi connectivity index (χ3v) is 3.46. The van der Waals surface area contributed by atoms with Gasteiger partial charge in [-0.1, -0.05) is 0 Å². The molecule has 1 aromatic heterocycles. The number of aromatic nitrogens is 1. The van der Waals surface area contributed by atoms with Gasteiger partial charge < -0.3 is 10.5 Å². The number of hydrogen-bond acceptors (Lipinski definition) is 6. The molecule has 1 unspecified atom stereocenters. The van der Waals surface area contributed by atoms with Crippen LogP contribution >= 0.6 is 11.3 Å². The van der Waals surface area contributed by atoms with Crippen LogP contribution in [0.5, 0.6) is 0 Å². The van der Waals surface area contributed by atoms with Crippen molar-refractivity contribution in [2.24, 2.45) is 5.73 Å². The van der Waals surface area contributed by atoms with Gasteiger partial charge in [-0.05, 0) is 6.92 Å². The molecule has 2 rings (SSSR count). The summed E-state index contributed by atoms with van der Waals surface area (Å²) in [6.45, 7) is 4.54. The number of hydrogen-bond donors (Lipinski definition) is 2. The number of rotatable bonds is 3. The Kier molecular flexibility index (Phi) is 4.06. The molecule has 6 nitrogen and oxygen atoms in total. The maximum Gasteiger partial charge on any atom is 0.285 e. The highest BCUT2D eigenvalue weighted by atomic mass is 32.1. The van der Waals surface area contributed by atoms with Crippen LogP contribution in [0.4, 0.5) is 0 Å². The minimum Gasteiger partial charge on any atom is -0.379 e. The molecule has 1 aromatic rings. The monoisotopic (exact) mass is 256 g/mol. The maximum atomic E-state index is 11.9. The number of morpholine rings is 1. The van der Waals surface area contributed by atoms with E-state index in [2.05, 4.69) is 10.4 Å². The molecule has 17 heavy (non-hydrogen) atoms. The summed E-state index contributed by atoms with van der Waals surface area (Å²) in [7, 11) is 0. The lowest BCUT2D eigenvalue weighted by molar-refractivity contribution is 0.0125. The Labute approximate surface area is 104 Å². The number of ether oxygens (including phenoxy) is 1. The van der Waals surface area contributed by atoms with E-state index in [1.807, 2.05) is 11.9 Å². The summed E-state index contributed by atoms with van der Waals surface area (Å²) in [4.78, 5) is 16.1. The summed E-state index contributed by atoms with van der Waals surface area (Å²) < 4.78 is 5.20. The number of nitrogens with zero attached hydrogens (tertiary/aromatic N) is 2. The molecule has 94 valence electrons. The zero-order valence-electron chi connectivity index (χ0n) is 9.68. The molecule has 0 saturated carbocycles. The van der Waals surface area contributed by atoms with Gasteiger partial charge in [-0.15, -0.1) is 11.3 Å². The number of thiazole rings is 1. The summed E-state index contributed by atoms with van der Waals surface area (Å²) >= 11 is 1.41. The van der Waals surface area contributed by atoms with Crippen LogP contribution in [0, 0.1) is 0 Å². The molecule has 0 spiro atoms. The predicted molar refractivity (Wildman–Crippen MR) is 64.6 cm³/mol. The smallest absolute Gasteiger partial charge is 0.285 e. The molecule has 1 aliphatic rings. The fourth-order valence-corrected chi connectivity index (χ4v) is 2.23. The Balaban J connectivity index is 1.94. The van der Waals surface area contributed by atoms with Crippen LogP contribution in [0.3, 0.4) is 0 Å². The van der Waals surface area contributed by atoms with Gasteiger partial charge in [0.1, 0.15) is 10.7 Å². The van der Waals surface area contributed by atoms with Crippen molar-refractivity contribution in [3.63, 3.8) is 0 Å². The van der Waals surface area contributed by atoms with Gasteiger partial charge in [-0.2, -0.15) is 0 Å². The lowest BCUT2D eigenvalue weighted by atomic mass is 10.4. The van der Waals surface area contributed by atoms with Crippen molar-refractivity contribution in [3.8, 4) is 0 Å². The molecule has 0 radical (unpaired) electrons. The third kappa shape index (κ3) is 3.22. The van der Waals surface area contributed by atoms with E-state index in [4.69, 9.17) is 10.5 Å². The molecule has 0 aliphatic carbocycles. The van der Waals surface area contributed by atoms with Crippen LogP contribution < -0.4 is 11.2 Å². The van der Waals surface area contributed by atoms with E-state index in [9.17, 15) is 4.79 Å². The Hall–Kier alpha value is -1.02. The van der Waals surface area contributed by atoms with Crippen LogP contribution in [0.2, 0.25) is 0 Å². The quantitative estimate of drug-likeness (QED) is 0.804. The average molecular weight is 256 g/mol. The largest absolute Gasteiger partial charge is 0.379 e. The Bertz CT molecular complexity index is 387. The highest BCUT2D eigenvalue weighted by molar-refractivity contribution is 7.09. The van der Waals surface area contributed by atoms with E-state index < -0.39 is 0 Å². The highest BCUT2D eigenvalue weighted by Crippen LogP contribution is 2.15. The summed E-state index contributed by atoms with van der Waals surface area (Å²) in [5.41, 5.74) is 8.93. The van der Waals surface area contributed by atoms with Gasteiger partial charge in [0.15, 0.2) is 0 Å². The first-order valence-electron chi connectivity index (χ1n) is 5.51. The zero-order valence-corrected chi connectivity index (χ0v) is 10.5. The maximum absolute atomic E-state index is 11.9. The number of carbonyl (C=O) groups excluding carboxylic acids is 1. The Morgan fingerprint density at radius 1 is 1.65 bits per heavy atom. The molecular formula is C10H16N4O2S. The Morgan fingerprint density at radius 2 is 2.35 bits per heavy atom. The SMILES string of the molecule is CC(N)c1nc(C(=O)NN2CCOCC2)cs1. The molecule has 1 saturated heterocycles. The molecule has 1 aliphatic heterocycles. The van der Waals surface area contributed by atoms with Gasteiger partial charge in [0.2, 0.25) is 0 Å². The van der Waals surface area contributed by atoms with Crippen molar-refractivity contribution in [1.29, 1.82) is 0 Å². The first-order valence-corrected chi connectivity index (χ1v) is 6.39. The van der Waals surface area contributed by atoms with Gasteiger partial charge in [0.25, 0.3) is 5.91 Å². The van der Waals surface area contributed by atoms with Crippen LogP contribution in [-0.4, -0.2) is 42.2 Å². The van der Waals surface area contributed by atoms with Gasteiger partial charge in [-0.25, -0.2) is 9.99 Å². The summed E-state index contributed by atoms with van der Waals surface area (Å²) in [5.74, 6) is -0.185. The molecule has 1 atom stereocenters. The number of hydrazine groups is 1. The molecule has 1 amide bonds. The Morgan fingerprint density at radius 3 is 2.94 bits per heavy atom. The average Bonchev–Trinajstić information content (AvgIpc) is 2.79. The molecule has 3 N–H and O–H groups in total. The summed E-state index contributed by atoms with van der Waals surface area (Å²) in [6, 6.07) is -0.134. The summed E-state index contributed by atoms with van der Waals surface area (Å²) in [6.07, 6.45) is 0. The number of nitrogens with two attached hydrogens (primary N) is 1. The summed E-state index contributed by atoms with van der Waals surface area (Å²) in [5, 5.41) is 4.35. The van der Waals surface area contributed by atoms with Crippen molar-refractivity contribution in [3.05, 3.63) is 16.1 Å². The fourth-order valence-electron chi connectivity index (χ4n) is 1.48. The van der Waals surface area contributed by atoms with Crippen molar-refractivity contribution >= 4 is 17.2 Å². The van der Waals surface area contributed by atoms with Crippen molar-refractivity contribution < 1.29 is 9.53 Å². The highest BCUT2D eigenvalue weighted by Gasteiger charge is 2.17. The van der Waals surface area contributed by atoms with Crippen molar-refractivity contribution in [2.75, 3.05) is 26.3 Å². The number of nitrogens with one attached hydrogen (secondary N) is 1. The second-order valence-electron chi connectivity index (χ2n) is 3.90. The van der Waals surface area contributed by atoms with Crippen LogP contribution in [0.1, 0.15) is 28.5 Å². The molecule has 7 heteroatoms. The number of carbonyl (C=O) groups is 1. The van der Waals surface area contributed by atoms with E-state index in [1.54, 1.807) is 5.38 Å². The van der Waals surface area contributed by atoms with Gasteiger partial charge in [0.05, 0.1) is 19.3 Å². The lowest BCUT2D eigenvalue weighted by Crippen LogP contribution is -2.48. The van der Waals surface area contributed by atoms with Gasteiger partial charge >= 0.3 is 0 Å². The van der Waals surface area contributed by atoms with E-state index in [-0.39, 0.29) is 11.9 Å². The van der Waals surface area contributed by atoms with Gasteiger partial charge in [-0.3, -0.25) is 10.2 Å². The lowest BCUT2D eigenvalue weighted by Gasteiger charge is -2.26. The predicted octanol–water partition coefficient (Wildman–Crippen LogP) is 0.140. The van der Waals surface area contributed by atoms with Crippen LogP contribution in [0.15, 0.2) is 5.38 Å². The molecule has 0 aromatic carbocycles. The minimum atomic E-state index is -0.185. The first-order chi connectivity index (χ1) is 8.16. The molecule has 2 heterocycles.